The molecule has 0 saturated carbocycles. The summed E-state index contributed by atoms with van der Waals surface area (Å²) in [5, 5.41) is 0.503. The molecular formula is C27H35NO3. The van der Waals surface area contributed by atoms with Gasteiger partial charge in [-0.1, -0.05) is 93.3 Å². The van der Waals surface area contributed by atoms with Crippen molar-refractivity contribution >= 4 is 10.9 Å². The minimum atomic E-state index is -0.385. The Kier molecular flexibility index (Phi) is 9.62. The summed E-state index contributed by atoms with van der Waals surface area (Å²) in [7, 11) is 0. The van der Waals surface area contributed by atoms with E-state index in [1.807, 2.05) is 19.1 Å². The van der Waals surface area contributed by atoms with Crippen LogP contribution in [0, 0.1) is 6.92 Å². The quantitative estimate of drug-likeness (QED) is 0.262. The van der Waals surface area contributed by atoms with Crippen molar-refractivity contribution in [3.05, 3.63) is 70.1 Å². The summed E-state index contributed by atoms with van der Waals surface area (Å²) in [4.78, 5) is 16.3. The second-order valence-corrected chi connectivity index (χ2v) is 8.41. The number of benzene rings is 2. The van der Waals surface area contributed by atoms with Gasteiger partial charge in [0.1, 0.15) is 0 Å². The summed E-state index contributed by atoms with van der Waals surface area (Å²) < 4.78 is 10.7. The van der Waals surface area contributed by atoms with Gasteiger partial charge in [0.25, 0.3) is 0 Å². The summed E-state index contributed by atoms with van der Waals surface area (Å²) >= 11 is 0. The Bertz CT molecular complexity index is 965. The predicted molar refractivity (Wildman–Crippen MR) is 127 cm³/mol. The van der Waals surface area contributed by atoms with E-state index in [1.165, 1.54) is 63.4 Å². The van der Waals surface area contributed by atoms with Crippen molar-refractivity contribution in [2.24, 2.45) is 0 Å². The van der Waals surface area contributed by atoms with E-state index in [0.29, 0.717) is 17.5 Å². The molecule has 166 valence electrons. The van der Waals surface area contributed by atoms with Gasteiger partial charge < -0.3 is 9.15 Å². The maximum absolute atomic E-state index is 12.0. The van der Waals surface area contributed by atoms with E-state index in [2.05, 4.69) is 35.3 Å². The fraction of sp³-hybridized carbons (Fsp3) is 0.481. The SMILES string of the molecule is Cc1ccc2nc(OCCCCCCCCCCCCc3ccccc3)oc(=O)c2c1. The van der Waals surface area contributed by atoms with E-state index in [1.54, 1.807) is 6.07 Å². The van der Waals surface area contributed by atoms with Crippen LogP contribution >= 0.6 is 0 Å². The van der Waals surface area contributed by atoms with Crippen molar-refractivity contribution < 1.29 is 9.15 Å². The lowest BCUT2D eigenvalue weighted by atomic mass is 10.0. The monoisotopic (exact) mass is 421 g/mol. The van der Waals surface area contributed by atoms with Crippen LogP contribution in [0.5, 0.6) is 6.08 Å². The average Bonchev–Trinajstić information content (AvgIpc) is 2.78. The third kappa shape index (κ3) is 8.20. The summed E-state index contributed by atoms with van der Waals surface area (Å²) in [6.07, 6.45) is 13.9. The summed E-state index contributed by atoms with van der Waals surface area (Å²) in [6.45, 7) is 2.48. The first-order chi connectivity index (χ1) is 15.2. The molecule has 3 aromatic rings. The minimum absolute atomic E-state index is 0.0774. The molecule has 0 atom stereocenters. The van der Waals surface area contributed by atoms with Crippen molar-refractivity contribution in [3.8, 4) is 6.08 Å². The topological polar surface area (TPSA) is 52.3 Å². The van der Waals surface area contributed by atoms with Crippen LogP contribution in [0.4, 0.5) is 0 Å². The van der Waals surface area contributed by atoms with E-state index in [9.17, 15) is 4.79 Å². The van der Waals surface area contributed by atoms with E-state index in [0.717, 1.165) is 18.4 Å². The molecule has 4 nitrogen and oxygen atoms in total. The van der Waals surface area contributed by atoms with Crippen LogP contribution in [-0.4, -0.2) is 11.6 Å². The van der Waals surface area contributed by atoms with Crippen LogP contribution < -0.4 is 10.4 Å². The second kappa shape index (κ2) is 12.9. The predicted octanol–water partition coefficient (Wildman–Crippen LogP) is 7.02. The Morgan fingerprint density at radius 3 is 2.16 bits per heavy atom. The van der Waals surface area contributed by atoms with Crippen molar-refractivity contribution in [3.63, 3.8) is 0 Å². The highest BCUT2D eigenvalue weighted by Gasteiger charge is 2.07. The highest BCUT2D eigenvalue weighted by molar-refractivity contribution is 5.77. The van der Waals surface area contributed by atoms with Gasteiger partial charge in [0, 0.05) is 0 Å². The Morgan fingerprint density at radius 1 is 0.806 bits per heavy atom. The first-order valence-electron chi connectivity index (χ1n) is 11.8. The zero-order chi connectivity index (χ0) is 21.7. The molecule has 0 spiro atoms. The van der Waals surface area contributed by atoms with Gasteiger partial charge in [0.05, 0.1) is 17.5 Å². The molecule has 0 fully saturated rings. The fourth-order valence-electron chi connectivity index (χ4n) is 3.88. The highest BCUT2D eigenvalue weighted by Crippen LogP contribution is 2.15. The summed E-state index contributed by atoms with van der Waals surface area (Å²) in [5.74, 6) is 0. The maximum Gasteiger partial charge on any atom is 0.397 e. The Hall–Kier alpha value is -2.62. The summed E-state index contributed by atoms with van der Waals surface area (Å²) in [6, 6.07) is 16.3. The lowest BCUT2D eigenvalue weighted by molar-refractivity contribution is 0.211. The Morgan fingerprint density at radius 2 is 1.45 bits per heavy atom. The molecule has 0 radical (unpaired) electrons. The molecule has 0 amide bonds. The number of ether oxygens (including phenoxy) is 1. The first-order valence-corrected chi connectivity index (χ1v) is 11.8. The van der Waals surface area contributed by atoms with E-state index < -0.39 is 0 Å². The molecule has 0 N–H and O–H groups in total. The molecule has 0 aliphatic rings. The number of aromatic nitrogens is 1. The van der Waals surface area contributed by atoms with Gasteiger partial charge >= 0.3 is 11.7 Å². The molecule has 0 unspecified atom stereocenters. The number of nitrogens with zero attached hydrogens (tertiary/aromatic N) is 1. The molecule has 1 aromatic heterocycles. The molecule has 3 rings (SSSR count). The van der Waals surface area contributed by atoms with Gasteiger partial charge in [-0.2, -0.15) is 4.98 Å². The summed E-state index contributed by atoms with van der Waals surface area (Å²) in [5.41, 5.74) is 2.71. The normalized spacial score (nSPS) is 11.1. The number of hydrogen-bond donors (Lipinski definition) is 0. The third-order valence-electron chi connectivity index (χ3n) is 5.69. The van der Waals surface area contributed by atoms with Crippen molar-refractivity contribution in [1.29, 1.82) is 0 Å². The lowest BCUT2D eigenvalue weighted by Crippen LogP contribution is -2.06. The van der Waals surface area contributed by atoms with Gasteiger partial charge in [-0.15, -0.1) is 0 Å². The largest absolute Gasteiger partial charge is 0.450 e. The number of aryl methyl sites for hydroxylation is 2. The van der Waals surface area contributed by atoms with Gasteiger partial charge in [-0.3, -0.25) is 0 Å². The van der Waals surface area contributed by atoms with Gasteiger partial charge in [0.2, 0.25) is 0 Å². The zero-order valence-corrected chi connectivity index (χ0v) is 18.8. The van der Waals surface area contributed by atoms with Crippen LogP contribution in [0.25, 0.3) is 10.9 Å². The van der Waals surface area contributed by atoms with Crippen molar-refractivity contribution in [2.45, 2.75) is 77.6 Å². The molecule has 0 aliphatic heterocycles. The molecule has 0 saturated heterocycles. The standard InChI is InChI=1S/C27H35NO3/c1-22-18-19-25-24(21-22)26(29)31-27(28-25)30-20-14-9-7-5-3-2-4-6-8-11-15-23-16-12-10-13-17-23/h10,12-13,16-19,21H,2-9,11,14-15,20H2,1H3. The van der Waals surface area contributed by atoms with Crippen LogP contribution in [0.3, 0.4) is 0 Å². The third-order valence-corrected chi connectivity index (χ3v) is 5.69. The number of unbranched alkanes of at least 4 members (excludes halogenated alkanes) is 9. The van der Waals surface area contributed by atoms with Crippen LogP contribution in [0.1, 0.15) is 75.3 Å². The zero-order valence-electron chi connectivity index (χ0n) is 18.8. The Balaban J connectivity index is 1.17. The van der Waals surface area contributed by atoms with E-state index in [-0.39, 0.29) is 11.7 Å². The van der Waals surface area contributed by atoms with Crippen molar-refractivity contribution in [2.75, 3.05) is 6.61 Å². The highest BCUT2D eigenvalue weighted by atomic mass is 16.6. The second-order valence-electron chi connectivity index (χ2n) is 8.41. The molecule has 4 heteroatoms. The fourth-order valence-corrected chi connectivity index (χ4v) is 3.88. The van der Waals surface area contributed by atoms with Gasteiger partial charge in [0.15, 0.2) is 0 Å². The van der Waals surface area contributed by atoms with E-state index in [4.69, 9.17) is 9.15 Å². The van der Waals surface area contributed by atoms with Crippen molar-refractivity contribution in [1.82, 2.24) is 4.98 Å². The molecule has 1 heterocycles. The molecule has 31 heavy (non-hydrogen) atoms. The number of fused-ring (bicyclic) bond motifs is 1. The smallest absolute Gasteiger partial charge is 0.397 e. The molecule has 0 bridgehead atoms. The molecule has 0 aliphatic carbocycles. The number of rotatable bonds is 14. The molecule has 2 aromatic carbocycles. The van der Waals surface area contributed by atoms with Crippen LogP contribution in [0.2, 0.25) is 0 Å². The average molecular weight is 422 g/mol. The lowest BCUT2D eigenvalue weighted by Gasteiger charge is -2.05. The Labute approximate surface area is 185 Å². The van der Waals surface area contributed by atoms with Gasteiger partial charge in [-0.05, 0) is 43.9 Å². The van der Waals surface area contributed by atoms with E-state index >= 15 is 0 Å². The van der Waals surface area contributed by atoms with Crippen LogP contribution in [-0.2, 0) is 6.42 Å². The number of hydrogen-bond acceptors (Lipinski definition) is 4. The molecular weight excluding hydrogens is 386 g/mol. The first kappa shape index (κ1) is 23.1. The maximum atomic E-state index is 12.0. The minimum Gasteiger partial charge on any atom is -0.450 e. The van der Waals surface area contributed by atoms with Gasteiger partial charge in [-0.25, -0.2) is 4.79 Å². The van der Waals surface area contributed by atoms with Crippen LogP contribution in [0.15, 0.2) is 57.7 Å².